The van der Waals surface area contributed by atoms with Gasteiger partial charge in [-0.05, 0) is 39.1 Å². The van der Waals surface area contributed by atoms with Crippen LogP contribution in [0.5, 0.6) is 0 Å². The Kier molecular flexibility index (Phi) is 5.03. The fraction of sp³-hybridized carbons (Fsp3) is 0.692. The smallest absolute Gasteiger partial charge is 0.118 e. The lowest BCUT2D eigenvalue weighted by molar-refractivity contribution is 0.170. The molecule has 1 atom stereocenters. The van der Waals surface area contributed by atoms with Crippen LogP contribution in [0.4, 0.5) is 0 Å². The highest BCUT2D eigenvalue weighted by molar-refractivity contribution is 5.05. The van der Waals surface area contributed by atoms with Crippen molar-refractivity contribution in [2.24, 2.45) is 5.92 Å². The summed E-state index contributed by atoms with van der Waals surface area (Å²) >= 11 is 0. The number of likely N-dealkylation sites (N-methyl/N-ethyl adjacent to an activating group) is 2. The Morgan fingerprint density at radius 2 is 2.06 bits per heavy atom. The lowest BCUT2D eigenvalue weighted by Gasteiger charge is -2.30. The summed E-state index contributed by atoms with van der Waals surface area (Å²) in [5.41, 5.74) is 0. The number of rotatable bonds is 6. The molecule has 3 heteroatoms. The van der Waals surface area contributed by atoms with Crippen molar-refractivity contribution in [1.82, 2.24) is 10.2 Å². The van der Waals surface area contributed by atoms with Gasteiger partial charge in [-0.3, -0.25) is 4.90 Å². The Labute approximate surface area is 98.8 Å². The van der Waals surface area contributed by atoms with E-state index in [-0.39, 0.29) is 0 Å². The summed E-state index contributed by atoms with van der Waals surface area (Å²) in [4.78, 5) is 2.35. The zero-order valence-corrected chi connectivity index (χ0v) is 11.1. The molecule has 0 aliphatic heterocycles. The predicted octanol–water partition coefficient (Wildman–Crippen LogP) is 2.26. The van der Waals surface area contributed by atoms with Crippen LogP contribution in [0.25, 0.3) is 0 Å². The topological polar surface area (TPSA) is 28.4 Å². The second kappa shape index (κ2) is 6.06. The molecular formula is C13H24N2O. The van der Waals surface area contributed by atoms with Crippen molar-refractivity contribution in [3.8, 4) is 0 Å². The molecule has 0 fully saturated rings. The average molecular weight is 224 g/mol. The van der Waals surface area contributed by atoms with Gasteiger partial charge < -0.3 is 9.73 Å². The van der Waals surface area contributed by atoms with E-state index in [0.717, 1.165) is 24.6 Å². The Morgan fingerprint density at radius 1 is 1.38 bits per heavy atom. The molecule has 1 aromatic heterocycles. The molecule has 1 N–H and O–H groups in total. The van der Waals surface area contributed by atoms with E-state index in [0.29, 0.717) is 12.0 Å². The highest BCUT2D eigenvalue weighted by atomic mass is 16.3. The molecule has 0 amide bonds. The third kappa shape index (κ3) is 3.65. The minimum atomic E-state index is 0.537. The molecule has 1 unspecified atom stereocenters. The average Bonchev–Trinajstić information content (AvgIpc) is 2.59. The van der Waals surface area contributed by atoms with E-state index >= 15 is 0 Å². The minimum absolute atomic E-state index is 0.537. The fourth-order valence-electron chi connectivity index (χ4n) is 2.04. The Balaban J connectivity index is 2.57. The molecule has 0 radical (unpaired) electrons. The van der Waals surface area contributed by atoms with Gasteiger partial charge >= 0.3 is 0 Å². The molecule has 0 aromatic carbocycles. The van der Waals surface area contributed by atoms with Crippen LogP contribution in [-0.4, -0.2) is 31.6 Å². The van der Waals surface area contributed by atoms with Crippen LogP contribution >= 0.6 is 0 Å². The number of furan rings is 1. The Bertz CT molecular complexity index is 307. The van der Waals surface area contributed by atoms with Crippen LogP contribution in [0, 0.1) is 12.8 Å². The summed E-state index contributed by atoms with van der Waals surface area (Å²) in [5, 5.41) is 3.25. The molecule has 3 nitrogen and oxygen atoms in total. The molecule has 0 saturated heterocycles. The van der Waals surface area contributed by atoms with Gasteiger partial charge in [0.1, 0.15) is 11.5 Å². The maximum Gasteiger partial charge on any atom is 0.118 e. The number of hydrogen-bond donors (Lipinski definition) is 1. The van der Waals surface area contributed by atoms with Gasteiger partial charge in [0.15, 0.2) is 0 Å². The standard InChI is InChI=1S/C13H24N2O/c1-10(2)13(8-14-4)15(5)9-12-7-6-11(3)16-12/h6-7,10,13-14H,8-9H2,1-5H3. The number of hydrogen-bond acceptors (Lipinski definition) is 3. The van der Waals surface area contributed by atoms with Crippen molar-refractivity contribution in [2.45, 2.75) is 33.4 Å². The Hall–Kier alpha value is -0.800. The Morgan fingerprint density at radius 3 is 2.50 bits per heavy atom. The molecule has 1 rings (SSSR count). The maximum absolute atomic E-state index is 5.60. The second-order valence-electron chi connectivity index (χ2n) is 4.80. The van der Waals surface area contributed by atoms with Crippen LogP contribution in [0.3, 0.4) is 0 Å². The number of nitrogens with zero attached hydrogens (tertiary/aromatic N) is 1. The van der Waals surface area contributed by atoms with Crippen LogP contribution in [0.1, 0.15) is 25.4 Å². The van der Waals surface area contributed by atoms with E-state index in [2.05, 4.69) is 37.2 Å². The molecule has 0 spiro atoms. The van der Waals surface area contributed by atoms with Gasteiger partial charge in [-0.15, -0.1) is 0 Å². The normalized spacial score (nSPS) is 13.7. The molecule has 1 aromatic rings. The van der Waals surface area contributed by atoms with E-state index in [1.165, 1.54) is 0 Å². The van der Waals surface area contributed by atoms with E-state index < -0.39 is 0 Å². The zero-order valence-electron chi connectivity index (χ0n) is 11.1. The molecule has 0 saturated carbocycles. The highest BCUT2D eigenvalue weighted by Gasteiger charge is 2.18. The van der Waals surface area contributed by atoms with E-state index in [9.17, 15) is 0 Å². The SMILES string of the molecule is CNCC(C(C)C)N(C)Cc1ccc(C)o1. The van der Waals surface area contributed by atoms with Gasteiger partial charge in [-0.2, -0.15) is 0 Å². The number of aryl methyl sites for hydroxylation is 1. The first-order chi connectivity index (χ1) is 7.54. The summed E-state index contributed by atoms with van der Waals surface area (Å²) in [5.74, 6) is 2.66. The summed E-state index contributed by atoms with van der Waals surface area (Å²) in [6.45, 7) is 8.38. The lowest BCUT2D eigenvalue weighted by Crippen LogP contribution is -2.42. The van der Waals surface area contributed by atoms with Crippen molar-refractivity contribution in [1.29, 1.82) is 0 Å². The summed E-state index contributed by atoms with van der Waals surface area (Å²) in [6, 6.07) is 4.62. The molecule has 0 aliphatic carbocycles. The van der Waals surface area contributed by atoms with Crippen molar-refractivity contribution in [2.75, 3.05) is 20.6 Å². The molecular weight excluding hydrogens is 200 g/mol. The second-order valence-corrected chi connectivity index (χ2v) is 4.80. The largest absolute Gasteiger partial charge is 0.465 e. The fourth-order valence-corrected chi connectivity index (χ4v) is 2.04. The van der Waals surface area contributed by atoms with Crippen LogP contribution in [-0.2, 0) is 6.54 Å². The maximum atomic E-state index is 5.60. The third-order valence-corrected chi connectivity index (χ3v) is 2.95. The molecule has 0 bridgehead atoms. The predicted molar refractivity (Wildman–Crippen MR) is 67.5 cm³/mol. The monoisotopic (exact) mass is 224 g/mol. The van der Waals surface area contributed by atoms with Crippen molar-refractivity contribution < 1.29 is 4.42 Å². The summed E-state index contributed by atoms with van der Waals surface area (Å²) in [7, 11) is 4.15. The van der Waals surface area contributed by atoms with Crippen molar-refractivity contribution in [3.63, 3.8) is 0 Å². The number of nitrogens with one attached hydrogen (secondary N) is 1. The molecule has 16 heavy (non-hydrogen) atoms. The minimum Gasteiger partial charge on any atom is -0.465 e. The molecule has 92 valence electrons. The van der Waals surface area contributed by atoms with Crippen LogP contribution < -0.4 is 5.32 Å². The van der Waals surface area contributed by atoms with Crippen molar-refractivity contribution >= 4 is 0 Å². The van der Waals surface area contributed by atoms with E-state index in [4.69, 9.17) is 4.42 Å². The van der Waals surface area contributed by atoms with Crippen LogP contribution in [0.2, 0.25) is 0 Å². The highest BCUT2D eigenvalue weighted by Crippen LogP contribution is 2.14. The van der Waals surface area contributed by atoms with Gasteiger partial charge in [-0.1, -0.05) is 13.8 Å². The first kappa shape index (κ1) is 13.3. The van der Waals surface area contributed by atoms with Gasteiger partial charge in [0.05, 0.1) is 6.54 Å². The van der Waals surface area contributed by atoms with E-state index in [1.807, 2.05) is 20.0 Å². The van der Waals surface area contributed by atoms with Gasteiger partial charge in [0.25, 0.3) is 0 Å². The summed E-state index contributed by atoms with van der Waals surface area (Å²) < 4.78 is 5.60. The van der Waals surface area contributed by atoms with E-state index in [1.54, 1.807) is 0 Å². The van der Waals surface area contributed by atoms with Gasteiger partial charge in [0.2, 0.25) is 0 Å². The van der Waals surface area contributed by atoms with Crippen LogP contribution in [0.15, 0.2) is 16.5 Å². The van der Waals surface area contributed by atoms with Crippen molar-refractivity contribution in [3.05, 3.63) is 23.7 Å². The zero-order chi connectivity index (χ0) is 12.1. The summed E-state index contributed by atoms with van der Waals surface area (Å²) in [6.07, 6.45) is 0. The van der Waals surface area contributed by atoms with Gasteiger partial charge in [0, 0.05) is 12.6 Å². The first-order valence-electron chi connectivity index (χ1n) is 5.94. The lowest BCUT2D eigenvalue weighted by atomic mass is 10.0. The van der Waals surface area contributed by atoms with Gasteiger partial charge in [-0.25, -0.2) is 0 Å². The third-order valence-electron chi connectivity index (χ3n) is 2.95. The first-order valence-corrected chi connectivity index (χ1v) is 5.94. The molecule has 1 heterocycles. The quantitative estimate of drug-likeness (QED) is 0.803. The molecule has 0 aliphatic rings.